The summed E-state index contributed by atoms with van der Waals surface area (Å²) >= 11 is 0. The molecular formula is H8O8P2Sr. The van der Waals surface area contributed by atoms with Crippen LogP contribution >= 0.6 is 15.6 Å². The fourth-order valence-corrected chi connectivity index (χ4v) is 0. The third-order valence-corrected chi connectivity index (χ3v) is 0. The Kier molecular flexibility index (Phi) is 12.0. The first kappa shape index (κ1) is 18.5. The van der Waals surface area contributed by atoms with E-state index >= 15 is 0 Å². The van der Waals surface area contributed by atoms with Gasteiger partial charge >= 0.3 is 61.1 Å². The van der Waals surface area contributed by atoms with Crippen molar-refractivity contribution in [3.63, 3.8) is 0 Å². The van der Waals surface area contributed by atoms with Crippen LogP contribution in [0.25, 0.3) is 0 Å². The zero-order valence-electron chi connectivity index (χ0n) is 4.39. The van der Waals surface area contributed by atoms with Gasteiger partial charge in [-0.15, -0.1) is 0 Å². The van der Waals surface area contributed by atoms with E-state index in [9.17, 15) is 0 Å². The van der Waals surface area contributed by atoms with Gasteiger partial charge in [0.15, 0.2) is 0 Å². The standard InChI is InChI=1S/2H3O4P.Sr.2H/c2*1-5(2,3)4;;;/h2*(H3,1,2,3,4);;;. The Labute approximate surface area is 98.6 Å². The van der Waals surface area contributed by atoms with E-state index in [0.29, 0.717) is 0 Å². The molecule has 0 amide bonds. The minimum atomic E-state index is -4.64. The molecule has 0 radical (unpaired) electrons. The van der Waals surface area contributed by atoms with Crippen LogP contribution in [0.5, 0.6) is 0 Å². The van der Waals surface area contributed by atoms with E-state index in [1.54, 1.807) is 0 Å². The van der Waals surface area contributed by atoms with Gasteiger partial charge in [-0.25, -0.2) is 9.13 Å². The summed E-state index contributed by atoms with van der Waals surface area (Å²) in [6.07, 6.45) is 0. The molecule has 0 aliphatic heterocycles. The van der Waals surface area contributed by atoms with Gasteiger partial charge in [0.2, 0.25) is 0 Å². The molecule has 11 heteroatoms. The van der Waals surface area contributed by atoms with Crippen molar-refractivity contribution >= 4 is 61.1 Å². The molecular weight excluding hydrogens is 278 g/mol. The van der Waals surface area contributed by atoms with E-state index < -0.39 is 15.6 Å². The Bertz CT molecular complexity index is 124. The van der Waals surface area contributed by atoms with E-state index in [1.165, 1.54) is 0 Å². The third-order valence-electron chi connectivity index (χ3n) is 0. The maximum absolute atomic E-state index is 8.88. The number of hydrogen-bond donors (Lipinski definition) is 6. The van der Waals surface area contributed by atoms with Gasteiger partial charge in [-0.2, -0.15) is 0 Å². The molecule has 11 heavy (non-hydrogen) atoms. The van der Waals surface area contributed by atoms with E-state index in [2.05, 4.69) is 0 Å². The van der Waals surface area contributed by atoms with Crippen molar-refractivity contribution in [2.45, 2.75) is 0 Å². The first-order chi connectivity index (χ1) is 4.00. The predicted molar refractivity (Wildman–Crippen MR) is 37.1 cm³/mol. The van der Waals surface area contributed by atoms with Gasteiger partial charge in [-0.05, 0) is 0 Å². The normalized spacial score (nSPS) is 10.7. The molecule has 0 heterocycles. The molecule has 0 spiro atoms. The van der Waals surface area contributed by atoms with E-state index in [4.69, 9.17) is 38.5 Å². The fraction of sp³-hybridized carbons (Fsp3) is 0. The minimum absolute atomic E-state index is 0. The van der Waals surface area contributed by atoms with Crippen LogP contribution < -0.4 is 0 Å². The third kappa shape index (κ3) is 381. The molecule has 0 saturated carbocycles. The van der Waals surface area contributed by atoms with Crippen LogP contribution in [0.4, 0.5) is 0 Å². The summed E-state index contributed by atoms with van der Waals surface area (Å²) in [5.41, 5.74) is 0. The van der Waals surface area contributed by atoms with Crippen molar-refractivity contribution in [3.05, 3.63) is 0 Å². The molecule has 0 unspecified atom stereocenters. The molecule has 0 fully saturated rings. The molecule has 0 aromatic heterocycles. The molecule has 0 aliphatic rings. The van der Waals surface area contributed by atoms with Crippen LogP contribution in [0.15, 0.2) is 0 Å². The number of rotatable bonds is 0. The molecule has 0 aliphatic carbocycles. The number of phosphoric acid groups is 2. The van der Waals surface area contributed by atoms with Crippen LogP contribution in [0, 0.1) is 0 Å². The molecule has 0 aromatic carbocycles. The number of hydrogen-bond acceptors (Lipinski definition) is 2. The van der Waals surface area contributed by atoms with Gasteiger partial charge in [0.25, 0.3) is 0 Å². The summed E-state index contributed by atoms with van der Waals surface area (Å²) < 4.78 is 17.8. The maximum atomic E-state index is 8.88. The molecule has 0 rings (SSSR count). The van der Waals surface area contributed by atoms with Crippen LogP contribution in [0.3, 0.4) is 0 Å². The molecule has 6 N–H and O–H groups in total. The summed E-state index contributed by atoms with van der Waals surface area (Å²) in [4.78, 5) is 43.1. The Hall–Kier alpha value is 1.70. The van der Waals surface area contributed by atoms with E-state index in [0.717, 1.165) is 0 Å². The first-order valence-corrected chi connectivity index (χ1v) is 4.70. The van der Waals surface area contributed by atoms with Crippen molar-refractivity contribution < 1.29 is 38.5 Å². The molecule has 68 valence electrons. The van der Waals surface area contributed by atoms with Crippen LogP contribution in [-0.2, 0) is 9.13 Å². The second-order valence-corrected chi connectivity index (χ2v) is 3.08. The van der Waals surface area contributed by atoms with E-state index in [1.807, 2.05) is 0 Å². The van der Waals surface area contributed by atoms with Gasteiger partial charge in [0, 0.05) is 0 Å². The SMILES string of the molecule is O=P(O)(O)O.O=P(O)(O)O.[SrH2]. The zero-order valence-corrected chi connectivity index (χ0v) is 6.18. The summed E-state index contributed by atoms with van der Waals surface area (Å²) in [5.74, 6) is 0. The Balaban J connectivity index is -0.000000107. The van der Waals surface area contributed by atoms with Crippen molar-refractivity contribution in [3.8, 4) is 0 Å². The topological polar surface area (TPSA) is 156 Å². The second kappa shape index (κ2) is 7.14. The van der Waals surface area contributed by atoms with Crippen molar-refractivity contribution in [2.24, 2.45) is 0 Å². The van der Waals surface area contributed by atoms with Gasteiger partial charge < -0.3 is 29.4 Å². The van der Waals surface area contributed by atoms with Crippen molar-refractivity contribution in [2.75, 3.05) is 0 Å². The molecule has 0 bridgehead atoms. The van der Waals surface area contributed by atoms with Crippen molar-refractivity contribution in [1.82, 2.24) is 0 Å². The van der Waals surface area contributed by atoms with Crippen LogP contribution in [0.1, 0.15) is 0 Å². The van der Waals surface area contributed by atoms with Gasteiger partial charge in [0.05, 0.1) is 0 Å². The molecule has 8 nitrogen and oxygen atoms in total. The summed E-state index contributed by atoms with van der Waals surface area (Å²) in [7, 11) is -9.28. The van der Waals surface area contributed by atoms with Crippen LogP contribution in [-0.4, -0.2) is 74.8 Å². The predicted octanol–water partition coefficient (Wildman–Crippen LogP) is -2.77. The van der Waals surface area contributed by atoms with Crippen LogP contribution in [0.2, 0.25) is 0 Å². The monoisotopic (exact) mass is 286 g/mol. The van der Waals surface area contributed by atoms with Gasteiger partial charge in [-0.1, -0.05) is 0 Å². The molecule has 0 aromatic rings. The second-order valence-electron chi connectivity index (χ2n) is 1.03. The van der Waals surface area contributed by atoms with Crippen molar-refractivity contribution in [1.29, 1.82) is 0 Å². The quantitative estimate of drug-likeness (QED) is 0.206. The Morgan fingerprint density at radius 1 is 0.636 bits per heavy atom. The molecule has 0 saturated heterocycles. The average molecular weight is 286 g/mol. The fourth-order valence-electron chi connectivity index (χ4n) is 0. The summed E-state index contributed by atoms with van der Waals surface area (Å²) in [6.45, 7) is 0. The average Bonchev–Trinajstić information content (AvgIpc) is 1.12. The summed E-state index contributed by atoms with van der Waals surface area (Å²) in [5, 5.41) is 0. The van der Waals surface area contributed by atoms with Gasteiger partial charge in [-0.3, -0.25) is 0 Å². The zero-order chi connectivity index (χ0) is 9.00. The Morgan fingerprint density at radius 3 is 0.636 bits per heavy atom. The van der Waals surface area contributed by atoms with E-state index in [-0.39, 0.29) is 45.5 Å². The van der Waals surface area contributed by atoms with Gasteiger partial charge in [0.1, 0.15) is 0 Å². The first-order valence-electron chi connectivity index (χ1n) is 1.57. The molecule has 0 atom stereocenters. The Morgan fingerprint density at radius 2 is 0.636 bits per heavy atom. The summed E-state index contributed by atoms with van der Waals surface area (Å²) in [6, 6.07) is 0.